The summed E-state index contributed by atoms with van der Waals surface area (Å²) in [4.78, 5) is 0. The number of ether oxygens (including phenoxy) is 1. The lowest BCUT2D eigenvalue weighted by Crippen LogP contribution is -1.86. The predicted molar refractivity (Wildman–Crippen MR) is 58.1 cm³/mol. The molecule has 1 aromatic rings. The van der Waals surface area contributed by atoms with Gasteiger partial charge in [-0.1, -0.05) is 42.0 Å². The highest BCUT2D eigenvalue weighted by Crippen LogP contribution is 2.40. The van der Waals surface area contributed by atoms with Gasteiger partial charge in [0.2, 0.25) is 0 Å². The molecule has 0 saturated carbocycles. The second-order valence-electron chi connectivity index (χ2n) is 4.02. The average molecular weight is 188 g/mol. The quantitative estimate of drug-likeness (QED) is 0.522. The predicted octanol–water partition coefficient (Wildman–Crippen LogP) is 3.48. The van der Waals surface area contributed by atoms with Crippen molar-refractivity contribution in [2.75, 3.05) is 0 Å². The molecule has 1 saturated heterocycles. The summed E-state index contributed by atoms with van der Waals surface area (Å²) in [6.45, 7) is 4.25. The van der Waals surface area contributed by atoms with Crippen LogP contribution in [0.3, 0.4) is 0 Å². The van der Waals surface area contributed by atoms with Gasteiger partial charge in [-0.25, -0.2) is 0 Å². The fraction of sp³-hybridized carbons (Fsp3) is 0.385. The van der Waals surface area contributed by atoms with E-state index < -0.39 is 0 Å². The smallest absolute Gasteiger partial charge is 0.109 e. The van der Waals surface area contributed by atoms with Gasteiger partial charge in [0.05, 0.1) is 6.10 Å². The van der Waals surface area contributed by atoms with Crippen molar-refractivity contribution in [2.24, 2.45) is 0 Å². The lowest BCUT2D eigenvalue weighted by atomic mass is 10.1. The molecule has 74 valence electrons. The molecule has 0 spiro atoms. The molecule has 0 unspecified atom stereocenters. The number of rotatable bonds is 3. The topological polar surface area (TPSA) is 12.5 Å². The van der Waals surface area contributed by atoms with Crippen LogP contribution in [-0.2, 0) is 4.74 Å². The van der Waals surface area contributed by atoms with Crippen LogP contribution in [0.5, 0.6) is 0 Å². The highest BCUT2D eigenvalue weighted by atomic mass is 16.6. The molecule has 0 amide bonds. The van der Waals surface area contributed by atoms with E-state index in [0.717, 1.165) is 6.42 Å². The van der Waals surface area contributed by atoms with Crippen LogP contribution in [0, 0.1) is 0 Å². The molecule has 1 fully saturated rings. The van der Waals surface area contributed by atoms with Gasteiger partial charge in [-0.05, 0) is 25.8 Å². The van der Waals surface area contributed by atoms with Crippen LogP contribution in [0.1, 0.15) is 31.9 Å². The van der Waals surface area contributed by atoms with E-state index in [1.165, 1.54) is 11.1 Å². The molecule has 1 aliphatic heterocycles. The highest BCUT2D eigenvalue weighted by molar-refractivity contribution is 5.22. The summed E-state index contributed by atoms with van der Waals surface area (Å²) in [6, 6.07) is 10.4. The summed E-state index contributed by atoms with van der Waals surface area (Å²) in [6.07, 6.45) is 4.04. The maximum Gasteiger partial charge on any atom is 0.109 e. The molecule has 0 radical (unpaired) electrons. The number of hydrogen-bond acceptors (Lipinski definition) is 1. The van der Waals surface area contributed by atoms with Crippen molar-refractivity contribution in [3.8, 4) is 0 Å². The first-order valence-electron chi connectivity index (χ1n) is 5.11. The summed E-state index contributed by atoms with van der Waals surface area (Å²) in [5.74, 6) is 0. The number of hydrogen-bond donors (Lipinski definition) is 0. The Hall–Kier alpha value is -1.08. The first-order chi connectivity index (χ1) is 6.77. The van der Waals surface area contributed by atoms with Gasteiger partial charge in [0.1, 0.15) is 6.10 Å². The van der Waals surface area contributed by atoms with Gasteiger partial charge in [0.15, 0.2) is 0 Å². The maximum absolute atomic E-state index is 5.61. The standard InChI is InChI=1S/C13H16O/c1-10(2)8-9-12-13(14-12)11-6-4-3-5-7-11/h3-8,12-13H,9H2,1-2H3/t12-,13-/m1/s1. The van der Waals surface area contributed by atoms with Crippen LogP contribution in [0.2, 0.25) is 0 Å². The van der Waals surface area contributed by atoms with E-state index in [-0.39, 0.29) is 0 Å². The molecule has 2 atom stereocenters. The molecule has 0 N–H and O–H groups in total. The molecule has 1 aromatic carbocycles. The van der Waals surface area contributed by atoms with Gasteiger partial charge in [-0.15, -0.1) is 0 Å². The van der Waals surface area contributed by atoms with Gasteiger partial charge >= 0.3 is 0 Å². The molecule has 1 nitrogen and oxygen atoms in total. The van der Waals surface area contributed by atoms with Gasteiger partial charge in [0, 0.05) is 0 Å². The third-order valence-corrected chi connectivity index (χ3v) is 2.47. The molecule has 0 bridgehead atoms. The Kier molecular flexibility index (Phi) is 2.69. The lowest BCUT2D eigenvalue weighted by Gasteiger charge is -1.93. The van der Waals surface area contributed by atoms with Gasteiger partial charge in [-0.3, -0.25) is 0 Å². The minimum Gasteiger partial charge on any atom is -0.364 e. The van der Waals surface area contributed by atoms with E-state index in [2.05, 4.69) is 44.2 Å². The van der Waals surface area contributed by atoms with E-state index in [1.807, 2.05) is 6.07 Å². The maximum atomic E-state index is 5.61. The fourth-order valence-electron chi connectivity index (χ4n) is 1.61. The Morgan fingerprint density at radius 2 is 2.00 bits per heavy atom. The third kappa shape index (κ3) is 2.24. The Morgan fingerprint density at radius 1 is 1.29 bits per heavy atom. The van der Waals surface area contributed by atoms with E-state index in [1.54, 1.807) is 0 Å². The number of allylic oxidation sites excluding steroid dienone is 1. The average Bonchev–Trinajstić information content (AvgIpc) is 2.95. The molecular weight excluding hydrogens is 172 g/mol. The first-order valence-corrected chi connectivity index (χ1v) is 5.11. The minimum atomic E-state index is 0.340. The zero-order chi connectivity index (χ0) is 9.97. The summed E-state index contributed by atoms with van der Waals surface area (Å²) in [5.41, 5.74) is 2.67. The molecule has 14 heavy (non-hydrogen) atoms. The monoisotopic (exact) mass is 188 g/mol. The molecular formula is C13H16O. The lowest BCUT2D eigenvalue weighted by molar-refractivity contribution is 0.374. The van der Waals surface area contributed by atoms with Crippen molar-refractivity contribution in [3.05, 3.63) is 47.5 Å². The van der Waals surface area contributed by atoms with Gasteiger partial charge in [0.25, 0.3) is 0 Å². The van der Waals surface area contributed by atoms with Crippen LogP contribution in [-0.4, -0.2) is 6.10 Å². The normalized spacial score (nSPS) is 24.4. The SMILES string of the molecule is CC(C)=CC[C@H]1O[C@@H]1c1ccccc1. The first kappa shape index (κ1) is 9.47. The van der Waals surface area contributed by atoms with Gasteiger partial charge < -0.3 is 4.74 Å². The zero-order valence-electron chi connectivity index (χ0n) is 8.73. The zero-order valence-corrected chi connectivity index (χ0v) is 8.73. The van der Waals surface area contributed by atoms with Crippen molar-refractivity contribution < 1.29 is 4.74 Å². The number of epoxide rings is 1. The van der Waals surface area contributed by atoms with E-state index in [4.69, 9.17) is 4.74 Å². The molecule has 1 heterocycles. The Bertz CT molecular complexity index is 322. The van der Waals surface area contributed by atoms with Crippen molar-refractivity contribution >= 4 is 0 Å². The largest absolute Gasteiger partial charge is 0.364 e. The Morgan fingerprint density at radius 3 is 2.64 bits per heavy atom. The molecule has 2 rings (SSSR count). The molecule has 0 aliphatic carbocycles. The summed E-state index contributed by atoms with van der Waals surface area (Å²) in [5, 5.41) is 0. The van der Waals surface area contributed by atoms with Crippen molar-refractivity contribution in [1.82, 2.24) is 0 Å². The van der Waals surface area contributed by atoms with Crippen LogP contribution >= 0.6 is 0 Å². The second-order valence-corrected chi connectivity index (χ2v) is 4.02. The summed E-state index contributed by atoms with van der Waals surface area (Å²) >= 11 is 0. The highest BCUT2D eigenvalue weighted by Gasteiger charge is 2.38. The fourth-order valence-corrected chi connectivity index (χ4v) is 1.61. The van der Waals surface area contributed by atoms with Crippen LogP contribution in [0.15, 0.2) is 42.0 Å². The Balaban J connectivity index is 1.91. The van der Waals surface area contributed by atoms with E-state index in [0.29, 0.717) is 12.2 Å². The summed E-state index contributed by atoms with van der Waals surface area (Å²) < 4.78 is 5.61. The van der Waals surface area contributed by atoms with E-state index in [9.17, 15) is 0 Å². The minimum absolute atomic E-state index is 0.340. The van der Waals surface area contributed by atoms with Crippen LogP contribution in [0.25, 0.3) is 0 Å². The summed E-state index contributed by atoms with van der Waals surface area (Å²) in [7, 11) is 0. The van der Waals surface area contributed by atoms with Crippen molar-refractivity contribution in [1.29, 1.82) is 0 Å². The van der Waals surface area contributed by atoms with Crippen LogP contribution < -0.4 is 0 Å². The Labute approximate surface area is 85.4 Å². The second kappa shape index (κ2) is 3.97. The third-order valence-electron chi connectivity index (χ3n) is 2.47. The van der Waals surface area contributed by atoms with Gasteiger partial charge in [-0.2, -0.15) is 0 Å². The van der Waals surface area contributed by atoms with Crippen molar-refractivity contribution in [3.63, 3.8) is 0 Å². The van der Waals surface area contributed by atoms with Crippen LogP contribution in [0.4, 0.5) is 0 Å². The number of benzene rings is 1. The van der Waals surface area contributed by atoms with E-state index >= 15 is 0 Å². The molecule has 1 heteroatoms. The molecule has 1 aliphatic rings. The van der Waals surface area contributed by atoms with Crippen molar-refractivity contribution in [2.45, 2.75) is 32.5 Å². The molecule has 0 aromatic heterocycles.